The number of aromatic nitrogens is 3. The molecule has 1 aliphatic heterocycles. The highest BCUT2D eigenvalue weighted by Gasteiger charge is 2.58. The van der Waals surface area contributed by atoms with Gasteiger partial charge >= 0.3 is 6.18 Å². The molecule has 1 spiro atoms. The van der Waals surface area contributed by atoms with Gasteiger partial charge in [0.25, 0.3) is 0 Å². The van der Waals surface area contributed by atoms with Crippen LogP contribution in [-0.2, 0) is 13.2 Å². The van der Waals surface area contributed by atoms with Crippen LogP contribution in [0, 0.1) is 11.2 Å². The van der Waals surface area contributed by atoms with Crippen molar-refractivity contribution in [1.82, 2.24) is 24.9 Å². The Bertz CT molecular complexity index is 1090. The lowest BCUT2D eigenvalue weighted by atomic mass is 9.97. The monoisotopic (exact) mass is 495 g/mol. The molecule has 2 heterocycles. The standard InChI is InChI=1S/C22H26BF4N5OS/c1-13(28-23)18(33)19-29-30-20(31(19)2)34-9-3-7-32-8-6-21(12-32)11-16(21)15-5-4-14(10-17(15)24)22(25,26)27/h4-5,10,16,28,33H,3,6-9,11-12H2,1-2H3/b18-13-/t16-,21-/m0/s1. The van der Waals surface area contributed by atoms with E-state index in [1.54, 1.807) is 30.3 Å². The molecule has 2 fully saturated rings. The van der Waals surface area contributed by atoms with Crippen molar-refractivity contribution in [3.63, 3.8) is 0 Å². The molecule has 2 atom stereocenters. The summed E-state index contributed by atoms with van der Waals surface area (Å²) in [6.07, 6.45) is -1.88. The van der Waals surface area contributed by atoms with Gasteiger partial charge in [0.1, 0.15) is 5.82 Å². The molecule has 0 unspecified atom stereocenters. The Morgan fingerprint density at radius 1 is 1.35 bits per heavy atom. The SMILES string of the molecule is [B]N/C(C)=C(\O)c1nnc(SCCCN2CC[C@]3(C[C@H]3c3ccc(C(F)(F)F)cc3F)C2)n1C. The van der Waals surface area contributed by atoms with E-state index in [0.717, 1.165) is 50.7 Å². The highest BCUT2D eigenvalue weighted by Crippen LogP contribution is 2.64. The van der Waals surface area contributed by atoms with E-state index in [0.29, 0.717) is 28.3 Å². The zero-order chi connectivity index (χ0) is 24.7. The lowest BCUT2D eigenvalue weighted by Gasteiger charge is -2.16. The van der Waals surface area contributed by atoms with E-state index >= 15 is 0 Å². The minimum atomic E-state index is -4.53. The van der Waals surface area contributed by atoms with Gasteiger partial charge in [-0.25, -0.2) is 4.39 Å². The first-order chi connectivity index (χ1) is 16.1. The van der Waals surface area contributed by atoms with Crippen LogP contribution >= 0.6 is 11.8 Å². The maximum atomic E-state index is 14.4. The van der Waals surface area contributed by atoms with E-state index in [1.807, 2.05) is 0 Å². The Labute approximate surface area is 201 Å². The van der Waals surface area contributed by atoms with E-state index < -0.39 is 17.6 Å². The van der Waals surface area contributed by atoms with Crippen LogP contribution in [0.1, 0.15) is 49.1 Å². The highest BCUT2D eigenvalue weighted by molar-refractivity contribution is 7.99. The number of nitrogens with zero attached hydrogens (tertiary/aromatic N) is 4. The number of rotatable bonds is 8. The predicted octanol–water partition coefficient (Wildman–Crippen LogP) is 4.25. The number of hydrogen-bond acceptors (Lipinski definition) is 6. The second-order valence-corrected chi connectivity index (χ2v) is 10.1. The molecule has 0 amide bonds. The Morgan fingerprint density at radius 2 is 2.12 bits per heavy atom. The summed E-state index contributed by atoms with van der Waals surface area (Å²) in [7, 11) is 7.10. The van der Waals surface area contributed by atoms with Gasteiger partial charge in [-0.05, 0) is 68.3 Å². The maximum absolute atomic E-state index is 14.4. The van der Waals surface area contributed by atoms with Crippen LogP contribution in [-0.4, -0.2) is 58.1 Å². The molecule has 2 radical (unpaired) electrons. The molecule has 2 N–H and O–H groups in total. The number of aliphatic hydroxyl groups excluding tert-OH is 1. The molecule has 1 aliphatic carbocycles. The molecule has 34 heavy (non-hydrogen) atoms. The first-order valence-corrected chi connectivity index (χ1v) is 12.0. The van der Waals surface area contributed by atoms with E-state index in [-0.39, 0.29) is 17.1 Å². The van der Waals surface area contributed by atoms with Crippen LogP contribution in [0.2, 0.25) is 0 Å². The van der Waals surface area contributed by atoms with Crippen molar-refractivity contribution in [3.8, 4) is 0 Å². The zero-order valence-corrected chi connectivity index (χ0v) is 19.8. The van der Waals surface area contributed by atoms with Gasteiger partial charge in [0.2, 0.25) is 13.8 Å². The van der Waals surface area contributed by atoms with Crippen molar-refractivity contribution in [1.29, 1.82) is 0 Å². The number of aliphatic hydroxyl groups is 1. The molecule has 1 aromatic carbocycles. The van der Waals surface area contributed by atoms with Crippen molar-refractivity contribution in [3.05, 3.63) is 46.7 Å². The Hall–Kier alpha value is -2.21. The number of hydrogen-bond donors (Lipinski definition) is 2. The first-order valence-electron chi connectivity index (χ1n) is 11.0. The molecule has 1 aromatic heterocycles. The van der Waals surface area contributed by atoms with Crippen molar-refractivity contribution >= 4 is 25.5 Å². The first kappa shape index (κ1) is 24.9. The molecule has 0 bridgehead atoms. The van der Waals surface area contributed by atoms with Gasteiger partial charge in [0.05, 0.1) is 5.56 Å². The largest absolute Gasteiger partial charge is 0.503 e. The summed E-state index contributed by atoms with van der Waals surface area (Å²) in [5.41, 5.74) is -0.169. The van der Waals surface area contributed by atoms with E-state index in [2.05, 4.69) is 20.3 Å². The normalized spacial score (nSPS) is 23.4. The smallest absolute Gasteiger partial charge is 0.416 e. The summed E-state index contributed by atoms with van der Waals surface area (Å²) in [6, 6.07) is 2.91. The van der Waals surface area contributed by atoms with Crippen LogP contribution in [0.5, 0.6) is 0 Å². The Morgan fingerprint density at radius 3 is 2.79 bits per heavy atom. The van der Waals surface area contributed by atoms with E-state index in [9.17, 15) is 22.7 Å². The minimum absolute atomic E-state index is 0.0154. The fourth-order valence-electron chi connectivity index (χ4n) is 4.73. The number of alkyl halides is 3. The quantitative estimate of drug-likeness (QED) is 0.188. The van der Waals surface area contributed by atoms with Crippen molar-refractivity contribution in [2.24, 2.45) is 12.5 Å². The minimum Gasteiger partial charge on any atom is -0.503 e. The van der Waals surface area contributed by atoms with Gasteiger partial charge in [0.15, 0.2) is 10.9 Å². The lowest BCUT2D eigenvalue weighted by molar-refractivity contribution is -0.137. The molecule has 6 nitrogen and oxygen atoms in total. The molecule has 1 saturated heterocycles. The maximum Gasteiger partial charge on any atom is 0.416 e. The van der Waals surface area contributed by atoms with Crippen LogP contribution in [0.15, 0.2) is 29.1 Å². The summed E-state index contributed by atoms with van der Waals surface area (Å²) in [6.45, 7) is 4.25. The zero-order valence-electron chi connectivity index (χ0n) is 19.0. The topological polar surface area (TPSA) is 66.2 Å². The third-order valence-corrected chi connectivity index (χ3v) is 7.93. The molecule has 12 heteroatoms. The van der Waals surface area contributed by atoms with Gasteiger partial charge in [-0.3, -0.25) is 0 Å². The number of thioether (sulfide) groups is 1. The molecular formula is C22H26BF4N5OS. The van der Waals surface area contributed by atoms with Gasteiger partial charge in [-0.15, -0.1) is 10.2 Å². The summed E-state index contributed by atoms with van der Waals surface area (Å²) >= 11 is 1.54. The molecule has 4 rings (SSSR count). The van der Waals surface area contributed by atoms with Crippen LogP contribution in [0.3, 0.4) is 0 Å². The number of allylic oxidation sites excluding steroid dienone is 1. The Kier molecular flexibility index (Phi) is 6.92. The number of benzene rings is 1. The van der Waals surface area contributed by atoms with Gasteiger partial charge < -0.3 is 19.8 Å². The number of likely N-dealkylation sites (tertiary alicyclic amines) is 1. The third-order valence-electron chi connectivity index (χ3n) is 6.83. The van der Waals surface area contributed by atoms with Gasteiger partial charge in [-0.1, -0.05) is 17.8 Å². The van der Waals surface area contributed by atoms with Crippen LogP contribution in [0.4, 0.5) is 17.6 Å². The van der Waals surface area contributed by atoms with Crippen LogP contribution in [0.25, 0.3) is 5.76 Å². The van der Waals surface area contributed by atoms with Gasteiger partial charge in [0, 0.05) is 25.0 Å². The van der Waals surface area contributed by atoms with E-state index in [4.69, 9.17) is 7.98 Å². The van der Waals surface area contributed by atoms with Crippen molar-refractivity contribution < 1.29 is 22.7 Å². The fourth-order valence-corrected chi connectivity index (χ4v) is 5.57. The molecule has 1 saturated carbocycles. The van der Waals surface area contributed by atoms with Crippen LogP contribution < -0.4 is 5.23 Å². The summed E-state index contributed by atoms with van der Waals surface area (Å²) in [5.74, 6) is 0.307. The molecule has 182 valence electrons. The third kappa shape index (κ3) is 4.93. The fraction of sp³-hybridized carbons (Fsp3) is 0.545. The average molecular weight is 495 g/mol. The predicted molar refractivity (Wildman–Crippen MR) is 123 cm³/mol. The summed E-state index contributed by atoms with van der Waals surface area (Å²) in [5, 5.41) is 21.4. The number of halogens is 4. The molecular weight excluding hydrogens is 469 g/mol. The lowest BCUT2D eigenvalue weighted by Crippen LogP contribution is -2.23. The molecule has 2 aromatic rings. The average Bonchev–Trinajstić information content (AvgIpc) is 3.12. The van der Waals surface area contributed by atoms with Crippen molar-refractivity contribution in [2.45, 2.75) is 43.4 Å². The summed E-state index contributed by atoms with van der Waals surface area (Å²) in [4.78, 5) is 2.34. The van der Waals surface area contributed by atoms with Crippen molar-refractivity contribution in [2.75, 3.05) is 25.4 Å². The van der Waals surface area contributed by atoms with E-state index in [1.165, 1.54) is 6.07 Å². The Balaban J connectivity index is 1.26. The second kappa shape index (κ2) is 9.45. The highest BCUT2D eigenvalue weighted by atomic mass is 32.2. The van der Waals surface area contributed by atoms with Gasteiger partial charge in [-0.2, -0.15) is 13.2 Å². The second-order valence-electron chi connectivity index (χ2n) is 9.06. The number of nitrogens with one attached hydrogen (secondary N) is 1. The summed E-state index contributed by atoms with van der Waals surface area (Å²) < 4.78 is 54.6. The molecule has 2 aliphatic rings.